The fourth-order valence-corrected chi connectivity index (χ4v) is 3.30. The van der Waals surface area contributed by atoms with Crippen molar-refractivity contribution in [2.45, 2.75) is 38.3 Å². The molecule has 2 rings (SSSR count). The van der Waals surface area contributed by atoms with Crippen molar-refractivity contribution in [1.29, 1.82) is 0 Å². The molecule has 2 fully saturated rings. The van der Waals surface area contributed by atoms with Gasteiger partial charge in [-0.1, -0.05) is 0 Å². The second-order valence-electron chi connectivity index (χ2n) is 6.78. The monoisotopic (exact) mass is 378 g/mol. The highest BCUT2D eigenvalue weighted by Crippen LogP contribution is 2.21. The number of alkyl halides is 3. The van der Waals surface area contributed by atoms with E-state index in [-0.39, 0.29) is 18.4 Å². The number of rotatable bonds is 4. The molecular formula is C16H25F3N4O3. The van der Waals surface area contributed by atoms with Gasteiger partial charge in [-0.15, -0.1) is 0 Å². The molecule has 148 valence electrons. The van der Waals surface area contributed by atoms with Crippen LogP contribution >= 0.6 is 0 Å². The third kappa shape index (κ3) is 6.81. The first-order chi connectivity index (χ1) is 12.2. The molecule has 0 aromatic rings. The minimum Gasteiger partial charge on any atom is -0.342 e. The summed E-state index contributed by atoms with van der Waals surface area (Å²) in [5, 5.41) is 3.46. The van der Waals surface area contributed by atoms with E-state index in [4.69, 9.17) is 0 Å². The van der Waals surface area contributed by atoms with E-state index in [9.17, 15) is 27.6 Å². The molecule has 2 N–H and O–H groups in total. The van der Waals surface area contributed by atoms with Crippen molar-refractivity contribution >= 4 is 17.8 Å². The van der Waals surface area contributed by atoms with Gasteiger partial charge >= 0.3 is 12.2 Å². The van der Waals surface area contributed by atoms with E-state index in [0.717, 1.165) is 32.4 Å². The number of nitrogens with one attached hydrogen (secondary N) is 2. The molecule has 7 nitrogen and oxygen atoms in total. The van der Waals surface area contributed by atoms with Crippen LogP contribution < -0.4 is 10.6 Å². The van der Waals surface area contributed by atoms with Gasteiger partial charge in [0.15, 0.2) is 0 Å². The van der Waals surface area contributed by atoms with Crippen molar-refractivity contribution < 1.29 is 27.6 Å². The van der Waals surface area contributed by atoms with Crippen molar-refractivity contribution in [3.63, 3.8) is 0 Å². The third-order valence-electron chi connectivity index (χ3n) is 4.67. The van der Waals surface area contributed by atoms with E-state index >= 15 is 0 Å². The second-order valence-corrected chi connectivity index (χ2v) is 6.78. The normalized spacial score (nSPS) is 19.9. The first-order valence-corrected chi connectivity index (χ1v) is 8.90. The maximum atomic E-state index is 12.5. The number of hydrogen-bond donors (Lipinski definition) is 2. The fourth-order valence-electron chi connectivity index (χ4n) is 3.30. The molecule has 0 spiro atoms. The van der Waals surface area contributed by atoms with Gasteiger partial charge in [0.1, 0.15) is 6.54 Å². The van der Waals surface area contributed by atoms with Gasteiger partial charge in [-0.25, -0.2) is 4.79 Å². The van der Waals surface area contributed by atoms with Crippen molar-refractivity contribution in [3.8, 4) is 0 Å². The average molecular weight is 378 g/mol. The maximum Gasteiger partial charge on any atom is 0.405 e. The standard InChI is InChI=1S/C16H25F3N4O3/c17-16(18,19)11-20-15(26)21-13(24)10-22-8-4-12(5-9-22)14(25)23-6-2-1-3-7-23/h12H,1-11H2,(H2,20,21,24,26). The SMILES string of the molecule is O=C(CN1CCC(C(=O)N2CCCCC2)CC1)NC(=O)NCC(F)(F)F. The molecule has 0 unspecified atom stereocenters. The number of likely N-dealkylation sites (tertiary alicyclic amines) is 2. The first kappa shape index (κ1) is 20.5. The van der Waals surface area contributed by atoms with E-state index in [2.05, 4.69) is 0 Å². The molecule has 10 heteroatoms. The zero-order chi connectivity index (χ0) is 19.2. The molecular weight excluding hydrogens is 353 g/mol. The van der Waals surface area contributed by atoms with E-state index < -0.39 is 24.7 Å². The quantitative estimate of drug-likeness (QED) is 0.768. The van der Waals surface area contributed by atoms with Crippen LogP contribution in [0.15, 0.2) is 0 Å². The Kier molecular flexibility index (Phi) is 7.24. The molecule has 0 atom stereocenters. The highest BCUT2D eigenvalue weighted by atomic mass is 19.4. The number of halogens is 3. The van der Waals surface area contributed by atoms with Crippen LogP contribution in [-0.2, 0) is 9.59 Å². The Morgan fingerprint density at radius 3 is 2.15 bits per heavy atom. The summed E-state index contributed by atoms with van der Waals surface area (Å²) in [4.78, 5) is 39.2. The molecule has 2 aliphatic heterocycles. The number of piperidine rings is 2. The molecule has 0 bridgehead atoms. The fraction of sp³-hybridized carbons (Fsp3) is 0.812. The van der Waals surface area contributed by atoms with Gasteiger partial charge in [0.05, 0.1) is 6.54 Å². The molecule has 2 saturated heterocycles. The number of imide groups is 1. The average Bonchev–Trinajstić information content (AvgIpc) is 2.60. The van der Waals surface area contributed by atoms with Crippen molar-refractivity contribution in [1.82, 2.24) is 20.4 Å². The summed E-state index contributed by atoms with van der Waals surface area (Å²) in [6, 6.07) is -1.16. The van der Waals surface area contributed by atoms with Crippen LogP contribution in [0.5, 0.6) is 0 Å². The Hall–Kier alpha value is -1.84. The van der Waals surface area contributed by atoms with E-state index in [1.54, 1.807) is 10.2 Å². The predicted octanol–water partition coefficient (Wildman–Crippen LogP) is 1.10. The minimum absolute atomic E-state index is 0.0394. The van der Waals surface area contributed by atoms with Crippen LogP contribution in [0.25, 0.3) is 0 Å². The van der Waals surface area contributed by atoms with Gasteiger partial charge in [0, 0.05) is 19.0 Å². The number of carbonyl (C=O) groups excluding carboxylic acids is 3. The first-order valence-electron chi connectivity index (χ1n) is 8.90. The smallest absolute Gasteiger partial charge is 0.342 e. The van der Waals surface area contributed by atoms with Gasteiger partial charge in [-0.05, 0) is 45.2 Å². The van der Waals surface area contributed by atoms with Gasteiger partial charge < -0.3 is 10.2 Å². The van der Waals surface area contributed by atoms with Crippen LogP contribution in [0.1, 0.15) is 32.1 Å². The lowest BCUT2D eigenvalue weighted by Crippen LogP contribution is -2.49. The number of nitrogens with zero attached hydrogens (tertiary/aromatic N) is 2. The minimum atomic E-state index is -4.52. The second kappa shape index (κ2) is 9.20. The van der Waals surface area contributed by atoms with Crippen molar-refractivity contribution in [2.75, 3.05) is 39.3 Å². The van der Waals surface area contributed by atoms with Gasteiger partial charge in [0.25, 0.3) is 0 Å². The van der Waals surface area contributed by atoms with Crippen LogP contribution in [-0.4, -0.2) is 73.1 Å². The lowest BCUT2D eigenvalue weighted by molar-refractivity contribution is -0.138. The molecule has 0 aromatic heterocycles. The van der Waals surface area contributed by atoms with Crippen LogP contribution in [0.4, 0.5) is 18.0 Å². The highest BCUT2D eigenvalue weighted by molar-refractivity contribution is 5.95. The lowest BCUT2D eigenvalue weighted by atomic mass is 9.94. The molecule has 0 aromatic carbocycles. The number of carbonyl (C=O) groups is 3. The van der Waals surface area contributed by atoms with Crippen LogP contribution in [0, 0.1) is 5.92 Å². The Morgan fingerprint density at radius 1 is 0.962 bits per heavy atom. The Bertz CT molecular complexity index is 513. The predicted molar refractivity (Wildman–Crippen MR) is 87.2 cm³/mol. The molecule has 2 aliphatic rings. The summed E-state index contributed by atoms with van der Waals surface area (Å²) in [6.07, 6.45) is 0.00509. The topological polar surface area (TPSA) is 81.8 Å². The largest absolute Gasteiger partial charge is 0.405 e. The van der Waals surface area contributed by atoms with E-state index in [0.29, 0.717) is 25.9 Å². The van der Waals surface area contributed by atoms with Gasteiger partial charge in [-0.2, -0.15) is 13.2 Å². The molecule has 0 saturated carbocycles. The van der Waals surface area contributed by atoms with Crippen molar-refractivity contribution in [3.05, 3.63) is 0 Å². The van der Waals surface area contributed by atoms with Crippen LogP contribution in [0.3, 0.4) is 0 Å². The Balaban J connectivity index is 1.67. The summed E-state index contributed by atoms with van der Waals surface area (Å²) >= 11 is 0. The summed E-state index contributed by atoms with van der Waals surface area (Å²) in [7, 11) is 0. The van der Waals surface area contributed by atoms with Gasteiger partial charge in [-0.3, -0.25) is 19.8 Å². The summed E-state index contributed by atoms with van der Waals surface area (Å²) in [5.74, 6) is -0.520. The molecule has 2 heterocycles. The van der Waals surface area contributed by atoms with Crippen molar-refractivity contribution in [2.24, 2.45) is 5.92 Å². The van der Waals surface area contributed by atoms with Gasteiger partial charge in [0.2, 0.25) is 11.8 Å². The molecule has 0 aliphatic carbocycles. The number of amides is 4. The van der Waals surface area contributed by atoms with E-state index in [1.165, 1.54) is 0 Å². The number of urea groups is 1. The summed E-state index contributed by atoms with van der Waals surface area (Å²) in [5.41, 5.74) is 0. The highest BCUT2D eigenvalue weighted by Gasteiger charge is 2.30. The zero-order valence-corrected chi connectivity index (χ0v) is 14.6. The number of hydrogen-bond acceptors (Lipinski definition) is 4. The summed E-state index contributed by atoms with van der Waals surface area (Å²) in [6.45, 7) is 1.15. The van der Waals surface area contributed by atoms with Crippen LogP contribution in [0.2, 0.25) is 0 Å². The molecule has 4 amide bonds. The Morgan fingerprint density at radius 2 is 1.58 bits per heavy atom. The molecule has 0 radical (unpaired) electrons. The third-order valence-corrected chi connectivity index (χ3v) is 4.67. The van der Waals surface area contributed by atoms with E-state index in [1.807, 2.05) is 10.2 Å². The molecule has 26 heavy (non-hydrogen) atoms. The lowest BCUT2D eigenvalue weighted by Gasteiger charge is -2.35. The Labute approximate surface area is 150 Å². The summed E-state index contributed by atoms with van der Waals surface area (Å²) < 4.78 is 36.0. The maximum absolute atomic E-state index is 12.5. The zero-order valence-electron chi connectivity index (χ0n) is 14.6.